The van der Waals surface area contributed by atoms with E-state index in [-0.39, 0.29) is 11.7 Å². The van der Waals surface area contributed by atoms with Gasteiger partial charge in [-0.1, -0.05) is 5.16 Å². The molecule has 4 heteroatoms. The SMILES string of the molecule is O=C1C=C2/C(=N/O)C[C@H]3[C@@H]4CCC(=O)[C@H]4CC[C@@H]3[C@H]2CC1. The van der Waals surface area contributed by atoms with Crippen LogP contribution in [0.3, 0.4) is 0 Å². The first-order valence-electron chi connectivity index (χ1n) is 8.17. The second-order valence-corrected chi connectivity index (χ2v) is 7.14. The molecule has 0 bridgehead atoms. The highest BCUT2D eigenvalue weighted by Gasteiger charge is 2.51. The zero-order chi connectivity index (χ0) is 14.6. The Morgan fingerprint density at radius 2 is 1.76 bits per heavy atom. The first-order valence-corrected chi connectivity index (χ1v) is 8.17. The third-order valence-corrected chi connectivity index (χ3v) is 6.38. The van der Waals surface area contributed by atoms with Gasteiger partial charge in [0.15, 0.2) is 5.78 Å². The van der Waals surface area contributed by atoms with Gasteiger partial charge in [-0.3, -0.25) is 9.59 Å². The molecule has 5 atom stereocenters. The Morgan fingerprint density at radius 3 is 2.57 bits per heavy atom. The van der Waals surface area contributed by atoms with Crippen molar-refractivity contribution in [1.29, 1.82) is 0 Å². The molecule has 4 nitrogen and oxygen atoms in total. The van der Waals surface area contributed by atoms with Gasteiger partial charge in [-0.2, -0.15) is 0 Å². The molecule has 0 amide bonds. The third kappa shape index (κ3) is 1.91. The van der Waals surface area contributed by atoms with Crippen LogP contribution in [0.4, 0.5) is 0 Å². The van der Waals surface area contributed by atoms with Gasteiger partial charge < -0.3 is 5.21 Å². The van der Waals surface area contributed by atoms with Crippen molar-refractivity contribution >= 4 is 17.3 Å². The van der Waals surface area contributed by atoms with E-state index in [2.05, 4.69) is 5.16 Å². The number of fused-ring (bicyclic) bond motifs is 5. The fraction of sp³-hybridized carbons (Fsp3) is 0.706. The lowest BCUT2D eigenvalue weighted by atomic mass is 9.55. The molecule has 0 aromatic rings. The molecule has 3 saturated carbocycles. The number of rotatable bonds is 0. The monoisotopic (exact) mass is 287 g/mol. The number of Topliss-reactive ketones (excluding diaryl/α,β-unsaturated/α-hetero) is 1. The van der Waals surface area contributed by atoms with Crippen molar-refractivity contribution in [2.24, 2.45) is 34.7 Å². The highest BCUT2D eigenvalue weighted by atomic mass is 16.4. The lowest BCUT2D eigenvalue weighted by Gasteiger charge is -2.48. The second-order valence-electron chi connectivity index (χ2n) is 7.14. The van der Waals surface area contributed by atoms with E-state index < -0.39 is 0 Å². The number of carbonyl (C=O) groups is 2. The van der Waals surface area contributed by atoms with E-state index in [4.69, 9.17) is 0 Å². The van der Waals surface area contributed by atoms with Gasteiger partial charge in [0.05, 0.1) is 5.71 Å². The lowest BCUT2D eigenvalue weighted by molar-refractivity contribution is -0.123. The topological polar surface area (TPSA) is 66.7 Å². The van der Waals surface area contributed by atoms with Gasteiger partial charge in [-0.05, 0) is 67.4 Å². The van der Waals surface area contributed by atoms with Gasteiger partial charge in [0.2, 0.25) is 0 Å². The molecule has 0 aromatic heterocycles. The maximum atomic E-state index is 12.0. The van der Waals surface area contributed by atoms with Crippen LogP contribution < -0.4 is 0 Å². The summed E-state index contributed by atoms with van der Waals surface area (Å²) < 4.78 is 0. The molecular formula is C17H21NO3. The smallest absolute Gasteiger partial charge is 0.156 e. The zero-order valence-electron chi connectivity index (χ0n) is 12.1. The molecule has 0 aliphatic heterocycles. The van der Waals surface area contributed by atoms with E-state index in [0.29, 0.717) is 41.6 Å². The van der Waals surface area contributed by atoms with Gasteiger partial charge >= 0.3 is 0 Å². The number of carbonyl (C=O) groups excluding carboxylic acids is 2. The Hall–Kier alpha value is -1.45. The van der Waals surface area contributed by atoms with Crippen LogP contribution in [0.25, 0.3) is 0 Å². The van der Waals surface area contributed by atoms with E-state index >= 15 is 0 Å². The summed E-state index contributed by atoms with van der Waals surface area (Å²) in [6.45, 7) is 0. The minimum atomic E-state index is 0.158. The molecule has 0 unspecified atom stereocenters. The Labute approximate surface area is 124 Å². The van der Waals surface area contributed by atoms with E-state index in [1.165, 1.54) is 0 Å². The summed E-state index contributed by atoms with van der Waals surface area (Å²) in [6.07, 6.45) is 7.81. The predicted molar refractivity (Wildman–Crippen MR) is 77.1 cm³/mol. The van der Waals surface area contributed by atoms with Gasteiger partial charge in [-0.15, -0.1) is 0 Å². The average molecular weight is 287 g/mol. The normalized spacial score (nSPS) is 44.1. The molecule has 0 heterocycles. The van der Waals surface area contributed by atoms with Crippen LogP contribution in [0.2, 0.25) is 0 Å². The second kappa shape index (κ2) is 4.79. The summed E-state index contributed by atoms with van der Waals surface area (Å²) in [5.41, 5.74) is 1.69. The maximum Gasteiger partial charge on any atom is 0.156 e. The van der Waals surface area contributed by atoms with Crippen LogP contribution >= 0.6 is 0 Å². The van der Waals surface area contributed by atoms with E-state index in [1.807, 2.05) is 0 Å². The first-order chi connectivity index (χ1) is 10.2. The Bertz CT molecular complexity index is 562. The van der Waals surface area contributed by atoms with Crippen LogP contribution in [0.15, 0.2) is 16.8 Å². The summed E-state index contributed by atoms with van der Waals surface area (Å²) in [7, 11) is 0. The molecule has 4 aliphatic carbocycles. The molecule has 0 spiro atoms. The molecule has 4 aliphatic rings. The molecule has 4 rings (SSSR count). The van der Waals surface area contributed by atoms with Crippen LogP contribution in [-0.2, 0) is 9.59 Å². The molecule has 0 radical (unpaired) electrons. The van der Waals surface area contributed by atoms with Crippen LogP contribution in [0.5, 0.6) is 0 Å². The third-order valence-electron chi connectivity index (χ3n) is 6.38. The summed E-state index contributed by atoms with van der Waals surface area (Å²) in [6, 6.07) is 0. The van der Waals surface area contributed by atoms with Crippen molar-refractivity contribution < 1.29 is 14.8 Å². The number of ketones is 2. The van der Waals surface area contributed by atoms with Gasteiger partial charge in [0, 0.05) is 18.8 Å². The van der Waals surface area contributed by atoms with E-state index in [9.17, 15) is 14.8 Å². The Morgan fingerprint density at radius 1 is 0.952 bits per heavy atom. The van der Waals surface area contributed by atoms with Gasteiger partial charge in [0.1, 0.15) is 5.78 Å². The molecular weight excluding hydrogens is 266 g/mol. The summed E-state index contributed by atoms with van der Waals surface area (Å²) >= 11 is 0. The van der Waals surface area contributed by atoms with E-state index in [1.54, 1.807) is 6.08 Å². The standard InChI is InChI=1S/C17H21NO3/c19-9-1-2-11-10-3-4-13-12(5-6-17(13)20)14(10)8-16(18-21)15(11)7-9/h7,10-14,21H,1-6,8H2/b18-16+/t10-,11-,12-,13+,14-/m1/s1. The molecule has 3 fully saturated rings. The number of hydrogen-bond donors (Lipinski definition) is 1. The van der Waals surface area contributed by atoms with Crippen molar-refractivity contribution in [3.63, 3.8) is 0 Å². The largest absolute Gasteiger partial charge is 0.411 e. The van der Waals surface area contributed by atoms with Gasteiger partial charge in [0.25, 0.3) is 0 Å². The molecule has 0 aromatic carbocycles. The highest BCUT2D eigenvalue weighted by Crippen LogP contribution is 2.55. The molecule has 21 heavy (non-hydrogen) atoms. The maximum absolute atomic E-state index is 12.0. The first kappa shape index (κ1) is 13.2. The minimum absolute atomic E-state index is 0.158. The minimum Gasteiger partial charge on any atom is -0.411 e. The van der Waals surface area contributed by atoms with Crippen molar-refractivity contribution in [2.45, 2.75) is 44.9 Å². The molecule has 0 saturated heterocycles. The number of oxime groups is 1. The number of allylic oxidation sites excluding steroid dienone is 1. The van der Waals surface area contributed by atoms with Crippen molar-refractivity contribution in [3.8, 4) is 0 Å². The van der Waals surface area contributed by atoms with Gasteiger partial charge in [-0.25, -0.2) is 0 Å². The lowest BCUT2D eigenvalue weighted by Crippen LogP contribution is -2.45. The van der Waals surface area contributed by atoms with Crippen molar-refractivity contribution in [3.05, 3.63) is 11.6 Å². The number of nitrogens with zero attached hydrogens (tertiary/aromatic N) is 1. The Balaban J connectivity index is 1.70. The zero-order valence-corrected chi connectivity index (χ0v) is 12.1. The number of hydrogen-bond acceptors (Lipinski definition) is 4. The van der Waals surface area contributed by atoms with Crippen LogP contribution in [0, 0.1) is 29.6 Å². The van der Waals surface area contributed by atoms with E-state index in [0.717, 1.165) is 44.1 Å². The van der Waals surface area contributed by atoms with Crippen LogP contribution in [0.1, 0.15) is 44.9 Å². The van der Waals surface area contributed by atoms with Crippen molar-refractivity contribution in [2.75, 3.05) is 0 Å². The summed E-state index contributed by atoms with van der Waals surface area (Å²) in [5.74, 6) is 2.74. The fourth-order valence-corrected chi connectivity index (χ4v) is 5.52. The molecule has 112 valence electrons. The summed E-state index contributed by atoms with van der Waals surface area (Å²) in [4.78, 5) is 23.7. The summed E-state index contributed by atoms with van der Waals surface area (Å²) in [5, 5.41) is 12.9. The average Bonchev–Trinajstić information content (AvgIpc) is 2.87. The van der Waals surface area contributed by atoms with Crippen molar-refractivity contribution in [1.82, 2.24) is 0 Å². The molecule has 1 N–H and O–H groups in total. The highest BCUT2D eigenvalue weighted by molar-refractivity contribution is 6.07. The fourth-order valence-electron chi connectivity index (χ4n) is 5.52. The van der Waals surface area contributed by atoms with Crippen LogP contribution in [-0.4, -0.2) is 22.5 Å². The quantitative estimate of drug-likeness (QED) is 0.550. The predicted octanol–water partition coefficient (Wildman–Crippen LogP) is 2.75. The Kier molecular flexibility index (Phi) is 3.02.